The molecule has 0 aliphatic heterocycles. The molecule has 0 saturated carbocycles. The number of alkyl halides is 1. The molecular weight excluding hydrogens is 272 g/mol. The van der Waals surface area contributed by atoms with E-state index in [2.05, 4.69) is 5.32 Å². The van der Waals surface area contributed by atoms with Crippen molar-refractivity contribution in [2.45, 2.75) is 18.0 Å². The van der Waals surface area contributed by atoms with Crippen LogP contribution in [0.5, 0.6) is 0 Å². The molecule has 0 spiro atoms. The van der Waals surface area contributed by atoms with Crippen molar-refractivity contribution >= 4 is 29.7 Å². The molecule has 1 aliphatic carbocycles. The number of aliphatic hydroxyl groups is 1. The highest BCUT2D eigenvalue weighted by Gasteiger charge is 2.16. The van der Waals surface area contributed by atoms with E-state index >= 15 is 0 Å². The summed E-state index contributed by atoms with van der Waals surface area (Å²) in [4.78, 5) is 22.3. The van der Waals surface area contributed by atoms with Gasteiger partial charge in [-0.1, -0.05) is 6.08 Å². The Kier molecular flexibility index (Phi) is 4.04. The maximum Gasteiger partial charge on any atom is 0.340 e. The van der Waals surface area contributed by atoms with Crippen LogP contribution in [-0.4, -0.2) is 29.0 Å². The first-order chi connectivity index (χ1) is 8.97. The third-order valence-electron chi connectivity index (χ3n) is 2.68. The normalized spacial score (nSPS) is 21.2. The van der Waals surface area contributed by atoms with Gasteiger partial charge in [-0.25, -0.2) is 4.79 Å². The molecule has 2 unspecified atom stereocenters. The quantitative estimate of drug-likeness (QED) is 0.542. The molecular formula is C12H13ClN2O4. The lowest BCUT2D eigenvalue weighted by atomic mass is 10.1. The fourth-order valence-corrected chi connectivity index (χ4v) is 1.97. The molecule has 1 amide bonds. The van der Waals surface area contributed by atoms with E-state index in [1.807, 2.05) is 0 Å². The van der Waals surface area contributed by atoms with Crippen LogP contribution in [0.4, 0.5) is 0 Å². The van der Waals surface area contributed by atoms with Gasteiger partial charge in [0.1, 0.15) is 5.42 Å². The highest BCUT2D eigenvalue weighted by atomic mass is 35.5. The lowest BCUT2D eigenvalue weighted by Crippen LogP contribution is -2.40. The average molecular weight is 285 g/mol. The van der Waals surface area contributed by atoms with Gasteiger partial charge in [0.15, 0.2) is 0 Å². The van der Waals surface area contributed by atoms with Crippen LogP contribution in [0.3, 0.4) is 0 Å². The summed E-state index contributed by atoms with van der Waals surface area (Å²) in [5.74, 6) is -0.508. The fraction of sp³-hybridized carbons (Fsp3) is 0.333. The second kappa shape index (κ2) is 5.56. The van der Waals surface area contributed by atoms with Crippen LogP contribution in [0.1, 0.15) is 5.56 Å². The largest absolute Gasteiger partial charge is 0.423 e. The Balaban J connectivity index is 2.32. The molecule has 0 fully saturated rings. The summed E-state index contributed by atoms with van der Waals surface area (Å²) in [5, 5.41) is 12.3. The van der Waals surface area contributed by atoms with Crippen molar-refractivity contribution in [3.63, 3.8) is 0 Å². The predicted molar refractivity (Wildman–Crippen MR) is 69.7 cm³/mol. The maximum absolute atomic E-state index is 11.7. The van der Waals surface area contributed by atoms with Gasteiger partial charge in [0, 0.05) is 11.8 Å². The van der Waals surface area contributed by atoms with Crippen LogP contribution >= 0.6 is 11.6 Å². The molecule has 0 bridgehead atoms. The summed E-state index contributed by atoms with van der Waals surface area (Å²) >= 11 is 5.90. The van der Waals surface area contributed by atoms with Gasteiger partial charge < -0.3 is 20.6 Å². The standard InChI is InChI=1S/C12H13ClN2O4/c13-8-2-6-1-7(4-15-5-11(14)17)12(18)19-10(6)3-9(8)16/h1-3,8-9,15-16H,4-5H2,(H2,14,17). The van der Waals surface area contributed by atoms with Crippen LogP contribution in [0, 0.1) is 0 Å². The lowest BCUT2D eigenvalue weighted by Gasteiger charge is -2.12. The van der Waals surface area contributed by atoms with Gasteiger partial charge in [0.25, 0.3) is 0 Å². The number of nitrogens with two attached hydrogens (primary N) is 1. The molecule has 2 rings (SSSR count). The number of carbonyl (C=O) groups is 1. The average Bonchev–Trinajstić information content (AvgIpc) is 2.32. The number of fused-ring (bicyclic) bond motifs is 1. The van der Waals surface area contributed by atoms with E-state index in [0.717, 1.165) is 0 Å². The molecule has 1 aromatic heterocycles. The van der Waals surface area contributed by atoms with Gasteiger partial charge in [0.2, 0.25) is 5.91 Å². The maximum atomic E-state index is 11.7. The third kappa shape index (κ3) is 3.23. The zero-order valence-electron chi connectivity index (χ0n) is 9.93. The molecule has 0 radical (unpaired) electrons. The van der Waals surface area contributed by atoms with Crippen LogP contribution in [0.2, 0.25) is 0 Å². The van der Waals surface area contributed by atoms with Crippen LogP contribution in [0.25, 0.3) is 12.2 Å². The Morgan fingerprint density at radius 2 is 2.26 bits per heavy atom. The zero-order chi connectivity index (χ0) is 14.0. The van der Waals surface area contributed by atoms with E-state index in [1.54, 1.807) is 12.1 Å². The van der Waals surface area contributed by atoms with Crippen LogP contribution in [-0.2, 0) is 11.3 Å². The minimum absolute atomic E-state index is 0.0246. The molecule has 2 atom stereocenters. The number of hydrogen-bond donors (Lipinski definition) is 3. The van der Waals surface area contributed by atoms with Crippen molar-refractivity contribution in [2.24, 2.45) is 5.73 Å². The van der Waals surface area contributed by atoms with E-state index in [1.165, 1.54) is 6.08 Å². The first-order valence-corrected chi connectivity index (χ1v) is 6.09. The van der Waals surface area contributed by atoms with E-state index in [9.17, 15) is 14.7 Å². The first kappa shape index (κ1) is 13.8. The van der Waals surface area contributed by atoms with Gasteiger partial charge in [-0.15, -0.1) is 11.6 Å². The number of carbonyl (C=O) groups excluding carboxylic acids is 1. The molecule has 1 heterocycles. The summed E-state index contributed by atoms with van der Waals surface area (Å²) in [5.41, 5.74) is 5.12. The fourth-order valence-electron chi connectivity index (χ4n) is 1.76. The Bertz CT molecular complexity index is 667. The SMILES string of the molecule is NC(=O)CNCc1cc2c(oc1=O)=CC(O)C(Cl)C=2. The second-order valence-electron chi connectivity index (χ2n) is 4.22. The number of primary amides is 1. The van der Waals surface area contributed by atoms with Crippen molar-refractivity contribution in [1.82, 2.24) is 5.32 Å². The van der Waals surface area contributed by atoms with E-state index in [0.29, 0.717) is 16.2 Å². The first-order valence-electron chi connectivity index (χ1n) is 5.65. The van der Waals surface area contributed by atoms with Gasteiger partial charge in [-0.3, -0.25) is 4.79 Å². The zero-order valence-corrected chi connectivity index (χ0v) is 10.7. The Hall–Kier alpha value is -1.63. The van der Waals surface area contributed by atoms with Crippen molar-refractivity contribution in [1.29, 1.82) is 0 Å². The number of amides is 1. The number of halogens is 1. The summed E-state index contributed by atoms with van der Waals surface area (Å²) in [6.07, 6.45) is 2.13. The highest BCUT2D eigenvalue weighted by Crippen LogP contribution is 2.07. The molecule has 0 saturated heterocycles. The molecule has 7 heteroatoms. The number of hydrogen-bond acceptors (Lipinski definition) is 5. The molecule has 1 aromatic rings. The lowest BCUT2D eigenvalue weighted by molar-refractivity contribution is -0.117. The molecule has 4 N–H and O–H groups in total. The number of rotatable bonds is 4. The van der Waals surface area contributed by atoms with Gasteiger partial charge in [-0.05, 0) is 12.1 Å². The minimum Gasteiger partial charge on any atom is -0.423 e. The summed E-state index contributed by atoms with van der Waals surface area (Å²) in [6.45, 7) is 0.144. The van der Waals surface area contributed by atoms with Crippen molar-refractivity contribution in [2.75, 3.05) is 6.54 Å². The second-order valence-corrected chi connectivity index (χ2v) is 4.72. The van der Waals surface area contributed by atoms with Gasteiger partial charge in [0.05, 0.1) is 23.6 Å². The van der Waals surface area contributed by atoms with Crippen molar-refractivity contribution in [3.05, 3.63) is 32.7 Å². The molecule has 102 valence electrons. The highest BCUT2D eigenvalue weighted by molar-refractivity contribution is 6.24. The molecule has 1 aliphatic rings. The van der Waals surface area contributed by atoms with Crippen LogP contribution in [0.15, 0.2) is 15.3 Å². The predicted octanol–water partition coefficient (Wildman–Crippen LogP) is -2.24. The Morgan fingerprint density at radius 3 is 2.95 bits per heavy atom. The summed E-state index contributed by atoms with van der Waals surface area (Å²) in [6, 6.07) is 1.62. The number of aliphatic hydroxyl groups excluding tert-OH is 1. The summed E-state index contributed by atoms with van der Waals surface area (Å²) in [7, 11) is 0. The third-order valence-corrected chi connectivity index (χ3v) is 3.07. The monoisotopic (exact) mass is 284 g/mol. The van der Waals surface area contributed by atoms with Crippen molar-refractivity contribution < 1.29 is 14.3 Å². The van der Waals surface area contributed by atoms with E-state index < -0.39 is 23.0 Å². The summed E-state index contributed by atoms with van der Waals surface area (Å²) < 4.78 is 5.09. The molecule has 6 nitrogen and oxygen atoms in total. The Morgan fingerprint density at radius 1 is 1.53 bits per heavy atom. The van der Waals surface area contributed by atoms with Crippen LogP contribution < -0.4 is 27.3 Å². The number of nitrogens with one attached hydrogen (secondary N) is 1. The van der Waals surface area contributed by atoms with E-state index in [-0.39, 0.29) is 13.1 Å². The van der Waals surface area contributed by atoms with Gasteiger partial charge in [-0.2, -0.15) is 0 Å². The van der Waals surface area contributed by atoms with E-state index in [4.69, 9.17) is 21.8 Å². The minimum atomic E-state index is -0.879. The molecule has 0 aromatic carbocycles. The Labute approximate surface area is 113 Å². The van der Waals surface area contributed by atoms with Crippen molar-refractivity contribution in [3.8, 4) is 0 Å². The smallest absolute Gasteiger partial charge is 0.340 e. The topological polar surface area (TPSA) is 106 Å². The van der Waals surface area contributed by atoms with Gasteiger partial charge >= 0.3 is 5.63 Å². The molecule has 19 heavy (non-hydrogen) atoms.